The summed E-state index contributed by atoms with van der Waals surface area (Å²) in [5.74, 6) is -0.0977. The normalized spacial score (nSPS) is 22.0. The van der Waals surface area contributed by atoms with Gasteiger partial charge < -0.3 is 9.42 Å². The summed E-state index contributed by atoms with van der Waals surface area (Å²) in [6, 6.07) is 7.71. The topological polar surface area (TPSA) is 69.9 Å². The Morgan fingerprint density at radius 2 is 1.88 bits per heavy atom. The molecule has 2 saturated heterocycles. The minimum atomic E-state index is -3.35. The lowest BCUT2D eigenvalue weighted by Crippen LogP contribution is -2.63. The van der Waals surface area contributed by atoms with E-state index in [1.807, 2.05) is 18.2 Å². The van der Waals surface area contributed by atoms with E-state index in [1.54, 1.807) is 10.4 Å². The molecule has 1 aromatic carbocycles. The van der Waals surface area contributed by atoms with Crippen molar-refractivity contribution in [1.29, 1.82) is 0 Å². The largest absolute Gasteiger partial charge is 0.356 e. The van der Waals surface area contributed by atoms with Gasteiger partial charge in [0.05, 0.1) is 0 Å². The lowest BCUT2D eigenvalue weighted by molar-refractivity contribution is 0.0483. The van der Waals surface area contributed by atoms with E-state index < -0.39 is 10.0 Å². The minimum absolute atomic E-state index is 0.0977. The number of benzene rings is 1. The third kappa shape index (κ3) is 2.95. The van der Waals surface area contributed by atoms with E-state index in [0.717, 1.165) is 31.6 Å². The molecule has 24 heavy (non-hydrogen) atoms. The number of likely N-dealkylation sites (N-methyl/N-ethyl adjacent to an activating group) is 1. The summed E-state index contributed by atoms with van der Waals surface area (Å²) in [6.07, 6.45) is 0. The van der Waals surface area contributed by atoms with Gasteiger partial charge in [-0.1, -0.05) is 17.3 Å². The van der Waals surface area contributed by atoms with Crippen LogP contribution >= 0.6 is 0 Å². The van der Waals surface area contributed by atoms with Crippen LogP contribution in [0.15, 0.2) is 28.8 Å². The summed E-state index contributed by atoms with van der Waals surface area (Å²) in [4.78, 5) is 4.71. The van der Waals surface area contributed by atoms with Crippen LogP contribution in [0.1, 0.15) is 5.69 Å². The first-order chi connectivity index (χ1) is 11.5. The quantitative estimate of drug-likeness (QED) is 0.804. The molecule has 2 aromatic rings. The zero-order chi connectivity index (χ0) is 16.7. The Balaban J connectivity index is 1.40. The number of hydrogen-bond acceptors (Lipinski definition) is 6. The van der Waals surface area contributed by atoms with E-state index >= 15 is 0 Å². The smallest absolute Gasteiger partial charge is 0.220 e. The van der Waals surface area contributed by atoms with Gasteiger partial charge in [-0.15, -0.1) is 0 Å². The average molecular weight is 350 g/mol. The van der Waals surface area contributed by atoms with Gasteiger partial charge in [-0.05, 0) is 19.2 Å². The van der Waals surface area contributed by atoms with E-state index in [-0.39, 0.29) is 5.75 Å². The molecule has 2 fully saturated rings. The molecule has 2 aliphatic heterocycles. The van der Waals surface area contributed by atoms with Crippen LogP contribution < -0.4 is 0 Å². The van der Waals surface area contributed by atoms with Crippen molar-refractivity contribution in [3.63, 3.8) is 0 Å². The maximum atomic E-state index is 12.6. The summed E-state index contributed by atoms with van der Waals surface area (Å²) in [5.41, 5.74) is 1.12. The first-order valence-electron chi connectivity index (χ1n) is 8.27. The van der Waals surface area contributed by atoms with Gasteiger partial charge in [0.1, 0.15) is 11.4 Å². The van der Waals surface area contributed by atoms with Gasteiger partial charge in [0.15, 0.2) is 5.58 Å². The molecule has 3 heterocycles. The minimum Gasteiger partial charge on any atom is -0.356 e. The van der Waals surface area contributed by atoms with Crippen LogP contribution in [0.3, 0.4) is 0 Å². The average Bonchev–Trinajstić information content (AvgIpc) is 2.90. The molecule has 0 atom stereocenters. The lowest BCUT2D eigenvalue weighted by atomic mass is 10.1. The molecular weight excluding hydrogens is 328 g/mol. The Kier molecular flexibility index (Phi) is 4.07. The summed E-state index contributed by atoms with van der Waals surface area (Å²) in [7, 11) is -1.22. The zero-order valence-corrected chi connectivity index (χ0v) is 14.6. The highest BCUT2D eigenvalue weighted by molar-refractivity contribution is 7.88. The van der Waals surface area contributed by atoms with Gasteiger partial charge >= 0.3 is 0 Å². The molecule has 4 rings (SSSR count). The van der Waals surface area contributed by atoms with Gasteiger partial charge in [0.2, 0.25) is 10.0 Å². The fourth-order valence-corrected chi connectivity index (χ4v) is 4.90. The van der Waals surface area contributed by atoms with E-state index in [4.69, 9.17) is 4.52 Å². The highest BCUT2D eigenvalue weighted by atomic mass is 32.2. The molecule has 0 radical (unpaired) electrons. The first-order valence-corrected chi connectivity index (χ1v) is 9.87. The van der Waals surface area contributed by atoms with E-state index in [0.29, 0.717) is 30.4 Å². The number of nitrogens with zero attached hydrogens (tertiary/aromatic N) is 4. The van der Waals surface area contributed by atoms with Crippen LogP contribution in [0.2, 0.25) is 0 Å². The SMILES string of the molecule is CN1CCN(C2CN(S(=O)(=O)Cc3noc4ccccc34)C2)CC1. The Bertz CT molecular complexity index is 821. The van der Waals surface area contributed by atoms with Gasteiger partial charge in [-0.3, -0.25) is 4.90 Å². The number of rotatable bonds is 4. The number of fused-ring (bicyclic) bond motifs is 1. The van der Waals surface area contributed by atoms with Crippen LogP contribution in [0.4, 0.5) is 0 Å². The molecule has 8 heteroatoms. The van der Waals surface area contributed by atoms with Gasteiger partial charge in [0.25, 0.3) is 0 Å². The Labute approximate surface area is 141 Å². The molecule has 0 amide bonds. The fraction of sp³-hybridized carbons (Fsp3) is 0.562. The molecule has 7 nitrogen and oxygen atoms in total. The maximum Gasteiger partial charge on any atom is 0.220 e. The molecule has 0 spiro atoms. The van der Waals surface area contributed by atoms with Gasteiger partial charge in [-0.2, -0.15) is 4.31 Å². The number of para-hydroxylation sites is 1. The van der Waals surface area contributed by atoms with Crippen LogP contribution in [0.25, 0.3) is 11.0 Å². The summed E-state index contributed by atoms with van der Waals surface area (Å²) in [6.45, 7) is 5.30. The summed E-state index contributed by atoms with van der Waals surface area (Å²) < 4.78 is 32.0. The van der Waals surface area contributed by atoms with Crippen molar-refractivity contribution >= 4 is 21.0 Å². The summed E-state index contributed by atoms with van der Waals surface area (Å²) in [5, 5.41) is 4.72. The molecule has 130 valence electrons. The maximum absolute atomic E-state index is 12.6. The third-order valence-electron chi connectivity index (χ3n) is 5.05. The monoisotopic (exact) mass is 350 g/mol. The lowest BCUT2D eigenvalue weighted by Gasteiger charge is -2.46. The molecule has 0 unspecified atom stereocenters. The second kappa shape index (κ2) is 6.11. The van der Waals surface area contributed by atoms with E-state index in [2.05, 4.69) is 22.0 Å². The van der Waals surface area contributed by atoms with Crippen LogP contribution in [-0.4, -0.2) is 80.0 Å². The van der Waals surface area contributed by atoms with E-state index in [9.17, 15) is 8.42 Å². The fourth-order valence-electron chi connectivity index (χ4n) is 3.37. The van der Waals surface area contributed by atoms with Crippen molar-refractivity contribution in [3.05, 3.63) is 30.0 Å². The van der Waals surface area contributed by atoms with Gasteiger partial charge in [-0.25, -0.2) is 8.42 Å². The predicted molar refractivity (Wildman–Crippen MR) is 91.1 cm³/mol. The molecule has 0 bridgehead atoms. The number of sulfonamides is 1. The van der Waals surface area contributed by atoms with Crippen molar-refractivity contribution in [1.82, 2.24) is 19.3 Å². The van der Waals surface area contributed by atoms with Crippen molar-refractivity contribution < 1.29 is 12.9 Å². The molecular formula is C16H22N4O3S. The van der Waals surface area contributed by atoms with Crippen molar-refractivity contribution in [3.8, 4) is 0 Å². The number of hydrogen-bond donors (Lipinski definition) is 0. The van der Waals surface area contributed by atoms with E-state index in [1.165, 1.54) is 0 Å². The Morgan fingerprint density at radius 1 is 1.17 bits per heavy atom. The first kappa shape index (κ1) is 16.0. The standard InChI is InChI=1S/C16H22N4O3S/c1-18-6-8-19(9-7-18)13-10-20(11-13)24(21,22)12-15-14-4-2-3-5-16(14)23-17-15/h2-5,13H,6-12H2,1H3. The Hall–Kier alpha value is -1.48. The van der Waals surface area contributed by atoms with Crippen molar-refractivity contribution in [2.75, 3.05) is 46.3 Å². The van der Waals surface area contributed by atoms with Crippen LogP contribution in [0, 0.1) is 0 Å². The molecule has 0 aliphatic carbocycles. The number of piperazine rings is 1. The van der Waals surface area contributed by atoms with Crippen molar-refractivity contribution in [2.24, 2.45) is 0 Å². The summed E-state index contributed by atoms with van der Waals surface area (Å²) >= 11 is 0. The second-order valence-electron chi connectivity index (χ2n) is 6.69. The Morgan fingerprint density at radius 3 is 2.62 bits per heavy atom. The van der Waals surface area contributed by atoms with Gasteiger partial charge in [0, 0.05) is 50.7 Å². The van der Waals surface area contributed by atoms with Crippen LogP contribution in [-0.2, 0) is 15.8 Å². The predicted octanol–water partition coefficient (Wildman–Crippen LogP) is 0.589. The zero-order valence-electron chi connectivity index (χ0n) is 13.8. The molecule has 0 N–H and O–H groups in total. The highest BCUT2D eigenvalue weighted by Gasteiger charge is 2.39. The van der Waals surface area contributed by atoms with Crippen molar-refractivity contribution in [2.45, 2.75) is 11.8 Å². The molecule has 2 aliphatic rings. The third-order valence-corrected chi connectivity index (χ3v) is 6.77. The second-order valence-corrected chi connectivity index (χ2v) is 8.66. The van der Waals surface area contributed by atoms with Crippen LogP contribution in [0.5, 0.6) is 0 Å². The number of aromatic nitrogens is 1. The molecule has 0 saturated carbocycles. The molecule has 1 aromatic heterocycles. The highest BCUT2D eigenvalue weighted by Crippen LogP contribution is 2.25.